The van der Waals surface area contributed by atoms with Crippen LogP contribution in [-0.2, 0) is 6.42 Å². The van der Waals surface area contributed by atoms with Gasteiger partial charge in [0.1, 0.15) is 11.6 Å². The number of nitrogens with zero attached hydrogens (tertiary/aromatic N) is 1. The number of anilines is 1. The van der Waals surface area contributed by atoms with E-state index >= 15 is 0 Å². The summed E-state index contributed by atoms with van der Waals surface area (Å²) in [4.78, 5) is 20.1. The molecule has 24 heavy (non-hydrogen) atoms. The zero-order valence-corrected chi connectivity index (χ0v) is 14.0. The summed E-state index contributed by atoms with van der Waals surface area (Å²) in [6.45, 7) is 2.14. The first-order valence-corrected chi connectivity index (χ1v) is 8.19. The van der Waals surface area contributed by atoms with Crippen molar-refractivity contribution in [1.29, 1.82) is 0 Å². The number of aryl methyl sites for hydroxylation is 1. The SMILES string of the molecule is CCCCc1nc2ccc(NC(=O)c3ccc(F)cc3Cl)cc2[nH]1. The normalized spacial score (nSPS) is 11.0. The highest BCUT2D eigenvalue weighted by Gasteiger charge is 2.12. The first-order chi connectivity index (χ1) is 11.6. The number of halogens is 2. The Bertz CT molecular complexity index is 891. The minimum Gasteiger partial charge on any atom is -0.342 e. The van der Waals surface area contributed by atoms with Crippen LogP contribution in [0.25, 0.3) is 11.0 Å². The van der Waals surface area contributed by atoms with Gasteiger partial charge in [-0.1, -0.05) is 24.9 Å². The van der Waals surface area contributed by atoms with Crippen LogP contribution in [0.3, 0.4) is 0 Å². The molecule has 1 amide bonds. The number of aromatic nitrogens is 2. The van der Waals surface area contributed by atoms with Gasteiger partial charge in [-0.25, -0.2) is 9.37 Å². The largest absolute Gasteiger partial charge is 0.342 e. The summed E-state index contributed by atoms with van der Waals surface area (Å²) in [7, 11) is 0. The molecular formula is C18H17ClFN3O. The summed E-state index contributed by atoms with van der Waals surface area (Å²) >= 11 is 5.92. The average Bonchev–Trinajstić information content (AvgIpc) is 2.94. The van der Waals surface area contributed by atoms with E-state index in [0.29, 0.717) is 5.69 Å². The third-order valence-electron chi connectivity index (χ3n) is 3.73. The van der Waals surface area contributed by atoms with Crippen molar-refractivity contribution in [3.05, 3.63) is 58.6 Å². The number of aromatic amines is 1. The predicted octanol–water partition coefficient (Wildman–Crippen LogP) is 4.95. The molecule has 0 spiro atoms. The molecule has 3 aromatic rings. The number of rotatable bonds is 5. The maximum absolute atomic E-state index is 13.1. The summed E-state index contributed by atoms with van der Waals surface area (Å²) in [5.41, 5.74) is 2.58. The number of hydrogen-bond acceptors (Lipinski definition) is 2. The van der Waals surface area contributed by atoms with Crippen molar-refractivity contribution in [2.45, 2.75) is 26.2 Å². The number of benzene rings is 2. The fourth-order valence-corrected chi connectivity index (χ4v) is 2.73. The van der Waals surface area contributed by atoms with Gasteiger partial charge < -0.3 is 10.3 Å². The molecule has 6 heteroatoms. The van der Waals surface area contributed by atoms with Gasteiger partial charge in [0.2, 0.25) is 0 Å². The van der Waals surface area contributed by atoms with Crippen LogP contribution in [0.2, 0.25) is 5.02 Å². The lowest BCUT2D eigenvalue weighted by Crippen LogP contribution is -2.12. The minimum absolute atomic E-state index is 0.0805. The Morgan fingerprint density at radius 1 is 1.29 bits per heavy atom. The van der Waals surface area contributed by atoms with Gasteiger partial charge in [0.25, 0.3) is 5.91 Å². The highest BCUT2D eigenvalue weighted by molar-refractivity contribution is 6.34. The maximum Gasteiger partial charge on any atom is 0.257 e. The van der Waals surface area contributed by atoms with Gasteiger partial charge >= 0.3 is 0 Å². The molecule has 2 aromatic carbocycles. The molecule has 0 radical (unpaired) electrons. The summed E-state index contributed by atoms with van der Waals surface area (Å²) < 4.78 is 13.1. The Labute approximate surface area is 144 Å². The second-order valence-corrected chi connectivity index (χ2v) is 6.00. The molecule has 0 atom stereocenters. The van der Waals surface area contributed by atoms with E-state index in [1.807, 2.05) is 12.1 Å². The van der Waals surface area contributed by atoms with E-state index in [1.54, 1.807) is 6.07 Å². The van der Waals surface area contributed by atoms with E-state index in [-0.39, 0.29) is 16.5 Å². The van der Waals surface area contributed by atoms with Gasteiger partial charge in [-0.3, -0.25) is 4.79 Å². The van der Waals surface area contributed by atoms with Gasteiger partial charge in [-0.15, -0.1) is 0 Å². The number of fused-ring (bicyclic) bond motifs is 1. The number of amides is 1. The van der Waals surface area contributed by atoms with Crippen molar-refractivity contribution in [2.75, 3.05) is 5.32 Å². The highest BCUT2D eigenvalue weighted by atomic mass is 35.5. The molecule has 2 N–H and O–H groups in total. The molecular weight excluding hydrogens is 329 g/mol. The van der Waals surface area contributed by atoms with Crippen LogP contribution in [0.15, 0.2) is 36.4 Å². The first-order valence-electron chi connectivity index (χ1n) is 7.82. The number of nitrogens with one attached hydrogen (secondary N) is 2. The predicted molar refractivity (Wildman–Crippen MR) is 94.1 cm³/mol. The Kier molecular flexibility index (Phi) is 4.81. The molecule has 4 nitrogen and oxygen atoms in total. The summed E-state index contributed by atoms with van der Waals surface area (Å²) in [5, 5.41) is 2.85. The summed E-state index contributed by atoms with van der Waals surface area (Å²) in [5.74, 6) is 0.0806. The third kappa shape index (κ3) is 3.57. The smallest absolute Gasteiger partial charge is 0.257 e. The molecule has 124 valence electrons. The second kappa shape index (κ2) is 7.01. The van der Waals surface area contributed by atoms with E-state index in [0.717, 1.165) is 42.2 Å². The molecule has 0 saturated carbocycles. The minimum atomic E-state index is -0.477. The van der Waals surface area contributed by atoms with Crippen LogP contribution in [0.1, 0.15) is 35.9 Å². The molecule has 0 aliphatic rings. The van der Waals surface area contributed by atoms with Gasteiger partial charge in [-0.05, 0) is 42.8 Å². The highest BCUT2D eigenvalue weighted by Crippen LogP contribution is 2.21. The quantitative estimate of drug-likeness (QED) is 0.687. The number of hydrogen-bond donors (Lipinski definition) is 2. The van der Waals surface area contributed by atoms with E-state index in [2.05, 4.69) is 22.2 Å². The first kappa shape index (κ1) is 16.5. The molecule has 0 fully saturated rings. The van der Waals surface area contributed by atoms with Crippen LogP contribution in [0.5, 0.6) is 0 Å². The topological polar surface area (TPSA) is 57.8 Å². The van der Waals surface area contributed by atoms with Crippen LogP contribution >= 0.6 is 11.6 Å². The van der Waals surface area contributed by atoms with Crippen molar-refractivity contribution in [2.24, 2.45) is 0 Å². The molecule has 1 heterocycles. The van der Waals surface area contributed by atoms with Crippen molar-refractivity contribution in [3.8, 4) is 0 Å². The Morgan fingerprint density at radius 2 is 2.12 bits per heavy atom. The van der Waals surface area contributed by atoms with Crippen molar-refractivity contribution < 1.29 is 9.18 Å². The second-order valence-electron chi connectivity index (χ2n) is 5.60. The lowest BCUT2D eigenvalue weighted by atomic mass is 10.2. The van der Waals surface area contributed by atoms with Gasteiger partial charge in [0.05, 0.1) is 21.6 Å². The molecule has 0 bridgehead atoms. The van der Waals surface area contributed by atoms with Gasteiger partial charge in [-0.2, -0.15) is 0 Å². The Morgan fingerprint density at radius 3 is 2.88 bits per heavy atom. The van der Waals surface area contributed by atoms with E-state index in [9.17, 15) is 9.18 Å². The maximum atomic E-state index is 13.1. The van der Waals surface area contributed by atoms with Gasteiger partial charge in [0, 0.05) is 12.1 Å². The number of carbonyl (C=O) groups is 1. The van der Waals surface area contributed by atoms with Crippen molar-refractivity contribution >= 4 is 34.2 Å². The zero-order valence-electron chi connectivity index (χ0n) is 13.2. The lowest BCUT2D eigenvalue weighted by Gasteiger charge is -2.06. The standard InChI is InChI=1S/C18H17ClFN3O/c1-2-3-4-17-22-15-8-6-12(10-16(15)23-17)21-18(24)13-7-5-11(20)9-14(13)19/h5-10H,2-4H2,1H3,(H,21,24)(H,22,23). The van der Waals surface area contributed by atoms with Crippen molar-refractivity contribution in [3.63, 3.8) is 0 Å². The Hall–Kier alpha value is -2.40. The number of carbonyl (C=O) groups excluding carboxylic acids is 1. The monoisotopic (exact) mass is 345 g/mol. The van der Waals surface area contributed by atoms with Crippen LogP contribution in [0, 0.1) is 5.82 Å². The summed E-state index contributed by atoms with van der Waals surface area (Å²) in [6.07, 6.45) is 3.08. The number of unbranched alkanes of at least 4 members (excludes halogenated alkanes) is 1. The Balaban J connectivity index is 1.80. The molecule has 0 saturated heterocycles. The molecule has 0 aliphatic heterocycles. The fourth-order valence-electron chi connectivity index (χ4n) is 2.47. The van der Waals surface area contributed by atoms with Crippen LogP contribution < -0.4 is 5.32 Å². The van der Waals surface area contributed by atoms with E-state index in [1.165, 1.54) is 12.1 Å². The van der Waals surface area contributed by atoms with E-state index in [4.69, 9.17) is 11.6 Å². The van der Waals surface area contributed by atoms with Crippen LogP contribution in [0.4, 0.5) is 10.1 Å². The third-order valence-corrected chi connectivity index (χ3v) is 4.04. The van der Waals surface area contributed by atoms with E-state index < -0.39 is 5.82 Å². The fraction of sp³-hybridized carbons (Fsp3) is 0.222. The molecule has 3 rings (SSSR count). The van der Waals surface area contributed by atoms with Gasteiger partial charge in [0.15, 0.2) is 0 Å². The lowest BCUT2D eigenvalue weighted by molar-refractivity contribution is 0.102. The molecule has 0 unspecified atom stereocenters. The average molecular weight is 346 g/mol. The number of imidazole rings is 1. The van der Waals surface area contributed by atoms with Crippen molar-refractivity contribution in [1.82, 2.24) is 9.97 Å². The van der Waals surface area contributed by atoms with Crippen LogP contribution in [-0.4, -0.2) is 15.9 Å². The number of H-pyrrole nitrogens is 1. The summed E-state index contributed by atoms with van der Waals surface area (Å²) in [6, 6.07) is 9.15. The molecule has 0 aliphatic carbocycles. The molecule has 1 aromatic heterocycles. The zero-order chi connectivity index (χ0) is 17.1.